The number of carbonyl (C=O) groups is 2. The monoisotopic (exact) mass is 254 g/mol. The van der Waals surface area contributed by atoms with Crippen molar-refractivity contribution in [3.63, 3.8) is 0 Å². The molecule has 0 fully saturated rings. The van der Waals surface area contributed by atoms with Crippen molar-refractivity contribution in [3.8, 4) is 0 Å². The van der Waals surface area contributed by atoms with E-state index in [4.69, 9.17) is 9.52 Å². The fourth-order valence-electron chi connectivity index (χ4n) is 1.47. The molecule has 0 radical (unpaired) electrons. The van der Waals surface area contributed by atoms with Crippen LogP contribution in [-0.2, 0) is 16.1 Å². The van der Waals surface area contributed by atoms with Gasteiger partial charge in [0.1, 0.15) is 11.8 Å². The van der Waals surface area contributed by atoms with Gasteiger partial charge >= 0.3 is 5.97 Å². The minimum Gasteiger partial charge on any atom is -0.480 e. The third-order valence-electron chi connectivity index (χ3n) is 2.46. The molecule has 1 atom stereocenters. The zero-order valence-corrected chi connectivity index (χ0v) is 10.5. The maximum Gasteiger partial charge on any atom is 0.320 e. The number of hydrogen-bond acceptors (Lipinski definition) is 4. The third-order valence-corrected chi connectivity index (χ3v) is 2.46. The van der Waals surface area contributed by atoms with Crippen LogP contribution in [0.25, 0.3) is 0 Å². The summed E-state index contributed by atoms with van der Waals surface area (Å²) in [7, 11) is 0. The standard InChI is InChI=1S/C12H18N2O4/c1-8(2)11(12(16)17)14-7-10(15)13-6-9-4-3-5-18-9/h3-5,8,11,14H,6-7H2,1-2H3,(H,13,15)(H,16,17). The van der Waals surface area contributed by atoms with Gasteiger partial charge in [0.05, 0.1) is 19.4 Å². The lowest BCUT2D eigenvalue weighted by Gasteiger charge is -2.17. The van der Waals surface area contributed by atoms with Gasteiger partial charge in [-0.3, -0.25) is 14.9 Å². The van der Waals surface area contributed by atoms with Gasteiger partial charge in [-0.15, -0.1) is 0 Å². The molecule has 0 saturated carbocycles. The van der Waals surface area contributed by atoms with Gasteiger partial charge in [0, 0.05) is 0 Å². The van der Waals surface area contributed by atoms with Gasteiger partial charge in [-0.05, 0) is 18.1 Å². The maximum atomic E-state index is 11.5. The fraction of sp³-hybridized carbons (Fsp3) is 0.500. The summed E-state index contributed by atoms with van der Waals surface area (Å²) >= 11 is 0. The summed E-state index contributed by atoms with van der Waals surface area (Å²) in [4.78, 5) is 22.4. The van der Waals surface area contributed by atoms with Gasteiger partial charge in [0.2, 0.25) is 5.91 Å². The van der Waals surface area contributed by atoms with Gasteiger partial charge in [-0.2, -0.15) is 0 Å². The lowest BCUT2D eigenvalue weighted by atomic mass is 10.1. The topological polar surface area (TPSA) is 91.6 Å². The first-order valence-corrected chi connectivity index (χ1v) is 5.76. The van der Waals surface area contributed by atoms with Crippen LogP contribution in [-0.4, -0.2) is 29.6 Å². The highest BCUT2D eigenvalue weighted by molar-refractivity contribution is 5.79. The first-order chi connectivity index (χ1) is 8.50. The number of carboxylic acids is 1. The maximum absolute atomic E-state index is 11.5. The van der Waals surface area contributed by atoms with Crippen molar-refractivity contribution in [1.82, 2.24) is 10.6 Å². The molecule has 0 spiro atoms. The SMILES string of the molecule is CC(C)C(NCC(=O)NCc1ccco1)C(=O)O. The average Bonchev–Trinajstić information content (AvgIpc) is 2.78. The zero-order chi connectivity index (χ0) is 13.5. The van der Waals surface area contributed by atoms with Crippen LogP contribution in [0.5, 0.6) is 0 Å². The molecule has 3 N–H and O–H groups in total. The Hall–Kier alpha value is -1.82. The summed E-state index contributed by atoms with van der Waals surface area (Å²) in [6.07, 6.45) is 1.53. The lowest BCUT2D eigenvalue weighted by Crippen LogP contribution is -2.45. The normalized spacial score (nSPS) is 12.4. The summed E-state index contributed by atoms with van der Waals surface area (Å²) in [6, 6.07) is 2.76. The van der Waals surface area contributed by atoms with Crippen molar-refractivity contribution in [2.45, 2.75) is 26.4 Å². The number of amides is 1. The van der Waals surface area contributed by atoms with Crippen LogP contribution in [0, 0.1) is 5.92 Å². The van der Waals surface area contributed by atoms with E-state index < -0.39 is 12.0 Å². The molecule has 0 saturated heterocycles. The molecule has 0 aliphatic heterocycles. The number of rotatable bonds is 7. The first kappa shape index (κ1) is 14.2. The summed E-state index contributed by atoms with van der Waals surface area (Å²) in [5, 5.41) is 14.3. The van der Waals surface area contributed by atoms with Crippen molar-refractivity contribution in [3.05, 3.63) is 24.2 Å². The van der Waals surface area contributed by atoms with Crippen LogP contribution in [0.2, 0.25) is 0 Å². The second kappa shape index (κ2) is 6.80. The Morgan fingerprint density at radius 1 is 1.44 bits per heavy atom. The van der Waals surface area contributed by atoms with Crippen molar-refractivity contribution in [2.24, 2.45) is 5.92 Å². The Kier molecular flexibility index (Phi) is 5.38. The predicted octanol–water partition coefficient (Wildman–Crippen LogP) is 0.595. The van der Waals surface area contributed by atoms with E-state index in [1.807, 2.05) is 0 Å². The molecule has 1 rings (SSSR count). The Morgan fingerprint density at radius 3 is 2.67 bits per heavy atom. The third kappa shape index (κ3) is 4.58. The van der Waals surface area contributed by atoms with Crippen LogP contribution in [0.4, 0.5) is 0 Å². The molecule has 18 heavy (non-hydrogen) atoms. The fourth-order valence-corrected chi connectivity index (χ4v) is 1.47. The van der Waals surface area contributed by atoms with Crippen molar-refractivity contribution >= 4 is 11.9 Å². The molecular formula is C12H18N2O4. The number of nitrogens with one attached hydrogen (secondary N) is 2. The summed E-state index contributed by atoms with van der Waals surface area (Å²) in [5.41, 5.74) is 0. The average molecular weight is 254 g/mol. The highest BCUT2D eigenvalue weighted by Gasteiger charge is 2.21. The molecule has 0 bridgehead atoms. The Bertz CT molecular complexity index is 387. The van der Waals surface area contributed by atoms with E-state index in [0.29, 0.717) is 12.3 Å². The van der Waals surface area contributed by atoms with Crippen molar-refractivity contribution < 1.29 is 19.1 Å². The Balaban J connectivity index is 2.29. The van der Waals surface area contributed by atoms with Crippen LogP contribution in [0.3, 0.4) is 0 Å². The molecule has 6 nitrogen and oxygen atoms in total. The Morgan fingerprint density at radius 2 is 2.17 bits per heavy atom. The highest BCUT2D eigenvalue weighted by atomic mass is 16.4. The smallest absolute Gasteiger partial charge is 0.320 e. The van der Waals surface area contributed by atoms with Crippen molar-refractivity contribution in [2.75, 3.05) is 6.54 Å². The minimum absolute atomic E-state index is 0.0319. The molecule has 0 aromatic carbocycles. The molecule has 100 valence electrons. The van der Waals surface area contributed by atoms with Crippen LogP contribution in [0.15, 0.2) is 22.8 Å². The quantitative estimate of drug-likeness (QED) is 0.662. The number of carboxylic acid groups (broad SMARTS) is 1. The number of furan rings is 1. The van der Waals surface area contributed by atoms with Gasteiger partial charge < -0.3 is 14.8 Å². The van der Waals surface area contributed by atoms with E-state index in [2.05, 4.69) is 10.6 Å². The zero-order valence-electron chi connectivity index (χ0n) is 10.5. The van der Waals surface area contributed by atoms with Crippen LogP contribution < -0.4 is 10.6 Å². The van der Waals surface area contributed by atoms with Crippen molar-refractivity contribution in [1.29, 1.82) is 0 Å². The van der Waals surface area contributed by atoms with Gasteiger partial charge in [-0.25, -0.2) is 0 Å². The highest BCUT2D eigenvalue weighted by Crippen LogP contribution is 2.01. The van der Waals surface area contributed by atoms with E-state index in [9.17, 15) is 9.59 Å². The van der Waals surface area contributed by atoms with E-state index in [0.717, 1.165) is 0 Å². The van der Waals surface area contributed by atoms with Crippen LogP contribution in [0.1, 0.15) is 19.6 Å². The van der Waals surface area contributed by atoms with Gasteiger partial charge in [0.15, 0.2) is 0 Å². The Labute approximate surface area is 105 Å². The summed E-state index contributed by atoms with van der Waals surface area (Å²) < 4.78 is 5.06. The largest absolute Gasteiger partial charge is 0.480 e. The molecular weight excluding hydrogens is 236 g/mol. The van der Waals surface area contributed by atoms with E-state index in [1.165, 1.54) is 6.26 Å². The molecule has 6 heteroatoms. The predicted molar refractivity (Wildman–Crippen MR) is 64.8 cm³/mol. The molecule has 0 aliphatic carbocycles. The van der Waals surface area contributed by atoms with E-state index in [1.54, 1.807) is 26.0 Å². The van der Waals surface area contributed by atoms with Gasteiger partial charge in [-0.1, -0.05) is 13.8 Å². The lowest BCUT2D eigenvalue weighted by molar-refractivity contribution is -0.140. The molecule has 1 amide bonds. The summed E-state index contributed by atoms with van der Waals surface area (Å²) in [5.74, 6) is -0.649. The molecule has 1 aromatic heterocycles. The second-order valence-corrected chi connectivity index (χ2v) is 4.30. The number of carbonyl (C=O) groups excluding carboxylic acids is 1. The van der Waals surface area contributed by atoms with Gasteiger partial charge in [0.25, 0.3) is 0 Å². The molecule has 1 aromatic rings. The minimum atomic E-state index is -0.955. The van der Waals surface area contributed by atoms with E-state index >= 15 is 0 Å². The first-order valence-electron chi connectivity index (χ1n) is 5.76. The molecule has 0 aliphatic rings. The van der Waals surface area contributed by atoms with E-state index in [-0.39, 0.29) is 18.4 Å². The summed E-state index contributed by atoms with van der Waals surface area (Å²) in [6.45, 7) is 3.84. The number of hydrogen-bond donors (Lipinski definition) is 3. The second-order valence-electron chi connectivity index (χ2n) is 4.30. The van der Waals surface area contributed by atoms with Crippen LogP contribution >= 0.6 is 0 Å². The number of aliphatic carboxylic acids is 1. The molecule has 1 unspecified atom stereocenters. The molecule has 1 heterocycles.